The summed E-state index contributed by atoms with van der Waals surface area (Å²) in [6, 6.07) is 0. The van der Waals surface area contributed by atoms with E-state index in [9.17, 15) is 35.9 Å². The molecule has 0 amide bonds. The van der Waals surface area contributed by atoms with Gasteiger partial charge >= 0.3 is 24.3 Å². The molecule has 134 valence electrons. The Balaban J connectivity index is 5.12. The molecule has 0 aliphatic rings. The summed E-state index contributed by atoms with van der Waals surface area (Å²) >= 11 is 0. The topological polar surface area (TPSA) is 61.8 Å². The normalized spacial score (nSPS) is 13.0. The average Bonchev–Trinajstić information content (AvgIpc) is 2.32. The first-order valence-corrected chi connectivity index (χ1v) is 5.87. The highest BCUT2D eigenvalue weighted by Gasteiger charge is 2.60. The third-order valence-electron chi connectivity index (χ3n) is 2.27. The van der Waals surface area contributed by atoms with Crippen molar-refractivity contribution in [3.63, 3.8) is 0 Å². The summed E-state index contributed by atoms with van der Waals surface area (Å²) in [6.45, 7) is 4.46. The molecule has 0 aromatic heterocycles. The molecule has 23 heavy (non-hydrogen) atoms. The van der Waals surface area contributed by atoms with Crippen LogP contribution in [0.2, 0.25) is 0 Å². The Kier molecular flexibility index (Phi) is 6.64. The fourth-order valence-electron chi connectivity index (χ4n) is 1.15. The molecule has 5 nitrogen and oxygen atoms in total. The van der Waals surface area contributed by atoms with Gasteiger partial charge in [0.1, 0.15) is 0 Å². The number of esters is 2. The van der Waals surface area contributed by atoms with Crippen molar-refractivity contribution in [1.29, 1.82) is 0 Å². The van der Waals surface area contributed by atoms with E-state index in [0.29, 0.717) is 0 Å². The molecule has 0 N–H and O–H groups in total. The van der Waals surface area contributed by atoms with E-state index in [-0.39, 0.29) is 12.2 Å². The van der Waals surface area contributed by atoms with Crippen LogP contribution in [0.5, 0.6) is 0 Å². The zero-order chi connectivity index (χ0) is 18.6. The van der Waals surface area contributed by atoms with Crippen LogP contribution in [0.25, 0.3) is 0 Å². The molecular formula is C12H14F6O5. The molecule has 0 unspecified atom stereocenters. The van der Waals surface area contributed by atoms with Gasteiger partial charge < -0.3 is 14.2 Å². The number of carbonyl (C=O) groups is 2. The Bertz CT molecular complexity index is 452. The smallest absolute Gasteiger partial charge is 0.434 e. The van der Waals surface area contributed by atoms with Gasteiger partial charge in [-0.05, 0) is 13.8 Å². The molecule has 0 heterocycles. The van der Waals surface area contributed by atoms with E-state index in [1.807, 2.05) is 0 Å². The third kappa shape index (κ3) is 6.47. The van der Waals surface area contributed by atoms with Crippen molar-refractivity contribution in [3.8, 4) is 0 Å². The Hall–Kier alpha value is -1.78. The van der Waals surface area contributed by atoms with Crippen LogP contribution < -0.4 is 0 Å². The van der Waals surface area contributed by atoms with Gasteiger partial charge in [-0.15, -0.1) is 0 Å². The summed E-state index contributed by atoms with van der Waals surface area (Å²) < 4.78 is 86.4. The fraction of sp³-hybridized carbons (Fsp3) is 0.667. The van der Waals surface area contributed by atoms with Crippen molar-refractivity contribution in [3.05, 3.63) is 12.2 Å². The van der Waals surface area contributed by atoms with Crippen molar-refractivity contribution in [1.82, 2.24) is 0 Å². The van der Waals surface area contributed by atoms with Gasteiger partial charge in [0.2, 0.25) is 5.60 Å². The lowest BCUT2D eigenvalue weighted by Crippen LogP contribution is -2.50. The first-order valence-electron chi connectivity index (χ1n) is 5.87. The maximum absolute atomic E-state index is 12.3. The maximum atomic E-state index is 12.3. The van der Waals surface area contributed by atoms with Gasteiger partial charge in [0.05, 0.1) is 12.2 Å². The second-order valence-corrected chi connectivity index (χ2v) is 4.80. The Morgan fingerprint density at radius 3 is 1.83 bits per heavy atom. The van der Waals surface area contributed by atoms with Crippen LogP contribution in [-0.4, -0.2) is 49.7 Å². The highest BCUT2D eigenvalue weighted by atomic mass is 19.4. The van der Waals surface area contributed by atoms with E-state index >= 15 is 0 Å². The largest absolute Gasteiger partial charge is 0.444 e. The zero-order valence-corrected chi connectivity index (χ0v) is 12.3. The van der Waals surface area contributed by atoms with Gasteiger partial charge in [0.25, 0.3) is 6.10 Å². The van der Waals surface area contributed by atoms with E-state index < -0.39 is 36.0 Å². The zero-order valence-electron chi connectivity index (χ0n) is 12.3. The number of carbonyl (C=O) groups excluding carboxylic acids is 2. The van der Waals surface area contributed by atoms with Crippen molar-refractivity contribution >= 4 is 11.9 Å². The van der Waals surface area contributed by atoms with Crippen molar-refractivity contribution in [2.24, 2.45) is 0 Å². The number of methoxy groups -OCH3 is 1. The molecule has 11 heteroatoms. The molecule has 0 radical (unpaired) electrons. The fourth-order valence-corrected chi connectivity index (χ4v) is 1.15. The molecule has 0 atom stereocenters. The monoisotopic (exact) mass is 352 g/mol. The van der Waals surface area contributed by atoms with Crippen LogP contribution in [0.4, 0.5) is 26.3 Å². The molecule has 0 fully saturated rings. The minimum Gasteiger partial charge on any atom is -0.444 e. The SMILES string of the molecule is C=C(COC)C(=O)OC(C)(C)C(=O)OC(C(F)(F)F)C(F)(F)F. The highest BCUT2D eigenvalue weighted by Crippen LogP contribution is 2.36. The second kappa shape index (κ2) is 7.20. The molecule has 0 rings (SSSR count). The number of rotatable bonds is 6. The molecule has 0 aliphatic carbocycles. The Morgan fingerprint density at radius 1 is 1.04 bits per heavy atom. The summed E-state index contributed by atoms with van der Waals surface area (Å²) in [7, 11) is 1.20. The molecule has 0 spiro atoms. The van der Waals surface area contributed by atoms with Crippen molar-refractivity contribution in [2.45, 2.75) is 37.9 Å². The van der Waals surface area contributed by atoms with Crippen LogP contribution in [0.1, 0.15) is 13.8 Å². The highest BCUT2D eigenvalue weighted by molar-refractivity contribution is 5.91. The first kappa shape index (κ1) is 21.2. The minimum atomic E-state index is -5.87. The predicted molar refractivity (Wildman–Crippen MR) is 63.2 cm³/mol. The van der Waals surface area contributed by atoms with E-state index in [2.05, 4.69) is 20.8 Å². The Labute approximate surface area is 127 Å². The summed E-state index contributed by atoms with van der Waals surface area (Å²) in [5, 5.41) is 0. The molecule has 0 saturated heterocycles. The average molecular weight is 352 g/mol. The number of alkyl halides is 6. The number of hydrogen-bond donors (Lipinski definition) is 0. The third-order valence-corrected chi connectivity index (χ3v) is 2.27. The number of ether oxygens (including phenoxy) is 3. The minimum absolute atomic E-state index is 0.295. The number of halogens is 6. The molecule has 0 aromatic rings. The van der Waals surface area contributed by atoms with Gasteiger partial charge in [-0.25, -0.2) is 9.59 Å². The Morgan fingerprint density at radius 2 is 1.48 bits per heavy atom. The molecular weight excluding hydrogens is 338 g/mol. The van der Waals surface area contributed by atoms with Crippen molar-refractivity contribution in [2.75, 3.05) is 13.7 Å². The molecule has 0 bridgehead atoms. The van der Waals surface area contributed by atoms with Gasteiger partial charge in [-0.2, -0.15) is 26.3 Å². The second-order valence-electron chi connectivity index (χ2n) is 4.80. The lowest BCUT2D eigenvalue weighted by atomic mass is 10.1. The molecule has 0 saturated carbocycles. The lowest BCUT2D eigenvalue weighted by Gasteiger charge is -2.28. The van der Waals surface area contributed by atoms with Crippen LogP contribution in [0.3, 0.4) is 0 Å². The van der Waals surface area contributed by atoms with E-state index in [4.69, 9.17) is 0 Å². The summed E-state index contributed by atoms with van der Waals surface area (Å²) in [5.41, 5.74) is -2.70. The summed E-state index contributed by atoms with van der Waals surface area (Å²) in [4.78, 5) is 23.0. The predicted octanol–water partition coefficient (Wildman–Crippen LogP) is 2.55. The number of hydrogen-bond acceptors (Lipinski definition) is 5. The van der Waals surface area contributed by atoms with Crippen molar-refractivity contribution < 1.29 is 50.1 Å². The van der Waals surface area contributed by atoms with Gasteiger partial charge in [-0.1, -0.05) is 6.58 Å². The van der Waals surface area contributed by atoms with E-state index in [0.717, 1.165) is 13.8 Å². The molecule has 0 aromatic carbocycles. The van der Waals surface area contributed by atoms with Crippen LogP contribution in [0.15, 0.2) is 12.2 Å². The van der Waals surface area contributed by atoms with E-state index in [1.54, 1.807) is 0 Å². The molecule has 0 aliphatic heterocycles. The first-order chi connectivity index (χ1) is 10.1. The van der Waals surface area contributed by atoms with E-state index in [1.165, 1.54) is 7.11 Å². The maximum Gasteiger partial charge on any atom is 0.434 e. The summed E-state index contributed by atoms with van der Waals surface area (Å²) in [5.74, 6) is -3.25. The van der Waals surface area contributed by atoms with Gasteiger partial charge in [0.15, 0.2) is 0 Å². The lowest BCUT2D eigenvalue weighted by molar-refractivity contribution is -0.316. The quantitative estimate of drug-likeness (QED) is 0.418. The van der Waals surface area contributed by atoms with Crippen LogP contribution in [0, 0.1) is 0 Å². The summed E-state index contributed by atoms with van der Waals surface area (Å²) in [6.07, 6.45) is -16.1. The standard InChI is InChI=1S/C12H14F6O5/c1-6(5-21-4)7(19)23-10(2,3)9(20)22-8(11(13,14)15)12(16,17)18/h8H,1,5H2,2-4H3. The van der Waals surface area contributed by atoms with Crippen LogP contribution in [-0.2, 0) is 23.8 Å². The van der Waals surface area contributed by atoms with Crippen LogP contribution >= 0.6 is 0 Å². The van der Waals surface area contributed by atoms with Gasteiger partial charge in [-0.3, -0.25) is 0 Å². The van der Waals surface area contributed by atoms with Gasteiger partial charge in [0, 0.05) is 7.11 Å².